The molecule has 1 aromatic carbocycles. The molecule has 1 atom stereocenters. The van der Waals surface area contributed by atoms with Gasteiger partial charge in [0.05, 0.1) is 30.1 Å². The van der Waals surface area contributed by atoms with Gasteiger partial charge in [-0.25, -0.2) is 13.4 Å². The monoisotopic (exact) mass is 423 g/mol. The fourth-order valence-electron chi connectivity index (χ4n) is 2.22. The Kier molecular flexibility index (Phi) is 6.20. The minimum absolute atomic E-state index is 0.0288. The van der Waals surface area contributed by atoms with Crippen molar-refractivity contribution in [2.75, 3.05) is 11.8 Å². The molecular formula is C15H16ClF2N3O5S. The van der Waals surface area contributed by atoms with E-state index in [4.69, 9.17) is 16.3 Å². The van der Waals surface area contributed by atoms with Crippen molar-refractivity contribution in [2.45, 2.75) is 24.9 Å². The average molecular weight is 424 g/mol. The fraction of sp³-hybridized carbons (Fsp3) is 0.333. The van der Waals surface area contributed by atoms with Gasteiger partial charge in [-0.15, -0.1) is 0 Å². The number of aliphatic hydroxyl groups is 2. The smallest absolute Gasteiger partial charge is 0.355 e. The van der Waals surface area contributed by atoms with Gasteiger partial charge < -0.3 is 14.9 Å². The van der Waals surface area contributed by atoms with Gasteiger partial charge in [0, 0.05) is 11.6 Å². The fourth-order valence-corrected chi connectivity index (χ4v) is 3.09. The molecule has 8 nitrogen and oxygen atoms in total. The Morgan fingerprint density at radius 1 is 1.37 bits per heavy atom. The summed E-state index contributed by atoms with van der Waals surface area (Å²) < 4.78 is 55.3. The minimum atomic E-state index is -5.05. The van der Waals surface area contributed by atoms with Crippen molar-refractivity contribution in [3.8, 4) is 5.88 Å². The lowest BCUT2D eigenvalue weighted by molar-refractivity contribution is 0.0912. The number of alkyl halides is 2. The summed E-state index contributed by atoms with van der Waals surface area (Å²) in [5, 5.41) is 20.1. The van der Waals surface area contributed by atoms with Crippen LogP contribution >= 0.6 is 11.6 Å². The molecule has 3 N–H and O–H groups in total. The van der Waals surface area contributed by atoms with E-state index in [0.717, 1.165) is 0 Å². The third-order valence-electron chi connectivity index (χ3n) is 3.58. The topological polar surface area (TPSA) is 122 Å². The highest BCUT2D eigenvalue weighted by atomic mass is 35.5. The number of rotatable bonds is 7. The number of hydrogen-bond donors (Lipinski definition) is 3. The summed E-state index contributed by atoms with van der Waals surface area (Å²) in [4.78, 5) is 7.98. The van der Waals surface area contributed by atoms with Crippen LogP contribution in [0.4, 0.5) is 14.5 Å². The predicted octanol–water partition coefficient (Wildman–Crippen LogP) is 1.85. The van der Waals surface area contributed by atoms with Crippen LogP contribution in [0.25, 0.3) is 0 Å². The van der Waals surface area contributed by atoms with Crippen LogP contribution < -0.4 is 9.46 Å². The van der Waals surface area contributed by atoms with Gasteiger partial charge in [0.15, 0.2) is 5.82 Å². The zero-order valence-corrected chi connectivity index (χ0v) is 15.7. The number of halogens is 3. The van der Waals surface area contributed by atoms with Gasteiger partial charge in [-0.3, -0.25) is 4.72 Å². The highest BCUT2D eigenvalue weighted by molar-refractivity contribution is 7.93. The molecule has 2 aromatic rings. The first-order valence-corrected chi connectivity index (χ1v) is 9.29. The first-order valence-electron chi connectivity index (χ1n) is 7.37. The third-order valence-corrected chi connectivity index (χ3v) is 4.85. The van der Waals surface area contributed by atoms with Crippen molar-refractivity contribution < 1.29 is 32.1 Å². The van der Waals surface area contributed by atoms with Crippen molar-refractivity contribution in [1.29, 1.82) is 0 Å². The van der Waals surface area contributed by atoms with Gasteiger partial charge in [-0.05, 0) is 13.0 Å². The average Bonchev–Trinajstić information content (AvgIpc) is 2.62. The van der Waals surface area contributed by atoms with E-state index in [1.165, 1.54) is 38.3 Å². The summed E-state index contributed by atoms with van der Waals surface area (Å²) in [5.41, 5.74) is -2.56. The second-order valence-electron chi connectivity index (χ2n) is 5.53. The van der Waals surface area contributed by atoms with Crippen LogP contribution in [0.3, 0.4) is 0 Å². The first kappa shape index (κ1) is 21.2. The van der Waals surface area contributed by atoms with Crippen molar-refractivity contribution in [2.24, 2.45) is 0 Å². The molecule has 0 bridgehead atoms. The molecule has 1 aromatic heterocycles. The number of ether oxygens (including phenoxy) is 1. The number of hydrogen-bond acceptors (Lipinski definition) is 7. The lowest BCUT2D eigenvalue weighted by Gasteiger charge is -2.26. The van der Waals surface area contributed by atoms with E-state index in [0.29, 0.717) is 0 Å². The second-order valence-corrected chi connectivity index (χ2v) is 7.58. The van der Waals surface area contributed by atoms with Crippen molar-refractivity contribution in [1.82, 2.24) is 9.97 Å². The van der Waals surface area contributed by atoms with Gasteiger partial charge in [-0.2, -0.15) is 13.8 Å². The molecule has 1 heterocycles. The predicted molar refractivity (Wildman–Crippen MR) is 93.2 cm³/mol. The summed E-state index contributed by atoms with van der Waals surface area (Å²) in [5.74, 6) is -3.94. The van der Waals surface area contributed by atoms with E-state index in [2.05, 4.69) is 9.97 Å². The number of methoxy groups -OCH3 is 1. The Morgan fingerprint density at radius 2 is 2.04 bits per heavy atom. The van der Waals surface area contributed by atoms with Crippen LogP contribution in [0.2, 0.25) is 5.02 Å². The lowest BCUT2D eigenvalue weighted by atomic mass is 9.93. The van der Waals surface area contributed by atoms with Crippen molar-refractivity contribution in [3.63, 3.8) is 0 Å². The molecule has 0 saturated carbocycles. The Balaban J connectivity index is 2.65. The third kappa shape index (κ3) is 4.43. The number of sulfonamides is 1. The SMILES string of the molecule is COc1cc(CO)nc(C(C)(O)c2cccc(Cl)c2NS(=O)(=O)C(F)F)n1. The normalized spacial score (nSPS) is 14.1. The Hall–Kier alpha value is -2.08. The number of aliphatic hydroxyl groups excluding tert-OH is 1. The first-order chi connectivity index (χ1) is 12.5. The second kappa shape index (κ2) is 7.89. The number of para-hydroxylation sites is 1. The standard InChI is InChI=1S/C15H16ClF2N3O5S/c1-15(23,13-19-8(7-22)6-11(20-13)26-2)9-4-3-5-10(16)12(9)21-27(24,25)14(17)18/h3-6,14,21-23H,7H2,1-2H3. The molecule has 148 valence electrons. The molecule has 0 saturated heterocycles. The van der Waals surface area contributed by atoms with Crippen LogP contribution in [0.1, 0.15) is 24.0 Å². The summed E-state index contributed by atoms with van der Waals surface area (Å²) in [6.45, 7) is 0.733. The molecule has 0 fully saturated rings. The number of benzene rings is 1. The van der Waals surface area contributed by atoms with Gasteiger partial charge in [0.25, 0.3) is 10.0 Å². The largest absolute Gasteiger partial charge is 0.481 e. The van der Waals surface area contributed by atoms with Crippen molar-refractivity contribution >= 4 is 27.3 Å². The molecule has 12 heteroatoms. The molecular weight excluding hydrogens is 408 g/mol. The maximum absolute atomic E-state index is 12.8. The van der Waals surface area contributed by atoms with Crippen LogP contribution in [-0.2, 0) is 22.2 Å². The van der Waals surface area contributed by atoms with E-state index in [9.17, 15) is 27.4 Å². The van der Waals surface area contributed by atoms with Crippen LogP contribution in [0.5, 0.6) is 5.88 Å². The molecule has 0 aliphatic carbocycles. The van der Waals surface area contributed by atoms with Crippen LogP contribution in [-0.4, -0.2) is 41.5 Å². The Morgan fingerprint density at radius 3 is 2.59 bits per heavy atom. The van der Waals surface area contributed by atoms with Gasteiger partial charge in [0.2, 0.25) is 5.88 Å². The van der Waals surface area contributed by atoms with E-state index in [-0.39, 0.29) is 28.0 Å². The van der Waals surface area contributed by atoms with E-state index in [1.54, 1.807) is 4.72 Å². The van der Waals surface area contributed by atoms with Gasteiger partial charge in [-0.1, -0.05) is 23.7 Å². The molecule has 0 spiro atoms. The molecule has 0 radical (unpaired) electrons. The molecule has 27 heavy (non-hydrogen) atoms. The summed E-state index contributed by atoms with van der Waals surface area (Å²) in [6, 6.07) is 5.25. The molecule has 1 unspecified atom stereocenters. The van der Waals surface area contributed by atoms with E-state index in [1.807, 2.05) is 0 Å². The lowest BCUT2D eigenvalue weighted by Crippen LogP contribution is -2.30. The minimum Gasteiger partial charge on any atom is -0.481 e. The molecule has 0 aliphatic heterocycles. The number of nitrogens with one attached hydrogen (secondary N) is 1. The zero-order valence-electron chi connectivity index (χ0n) is 14.1. The highest BCUT2D eigenvalue weighted by Crippen LogP contribution is 2.38. The number of aromatic nitrogens is 2. The Bertz CT molecular complexity index is 919. The zero-order chi connectivity index (χ0) is 20.4. The van der Waals surface area contributed by atoms with Gasteiger partial charge in [0.1, 0.15) is 5.60 Å². The Labute approximate surface area is 158 Å². The summed E-state index contributed by atoms with van der Waals surface area (Å²) in [7, 11) is -3.74. The molecule has 0 aliphatic rings. The van der Waals surface area contributed by atoms with Crippen molar-refractivity contribution in [3.05, 3.63) is 46.4 Å². The summed E-state index contributed by atoms with van der Waals surface area (Å²) >= 11 is 5.96. The molecule has 2 rings (SSSR count). The summed E-state index contributed by atoms with van der Waals surface area (Å²) in [6.07, 6.45) is 0. The highest BCUT2D eigenvalue weighted by Gasteiger charge is 2.35. The van der Waals surface area contributed by atoms with Crippen LogP contribution in [0, 0.1) is 0 Å². The number of nitrogens with zero attached hydrogens (tertiary/aromatic N) is 2. The maximum atomic E-state index is 12.8. The maximum Gasteiger partial charge on any atom is 0.355 e. The van der Waals surface area contributed by atoms with E-state index < -0.39 is 33.7 Å². The van der Waals surface area contributed by atoms with Crippen LogP contribution in [0.15, 0.2) is 24.3 Å². The van der Waals surface area contributed by atoms with E-state index >= 15 is 0 Å². The number of anilines is 1. The quantitative estimate of drug-likeness (QED) is 0.621. The molecule has 0 amide bonds. The van der Waals surface area contributed by atoms with Gasteiger partial charge >= 0.3 is 5.76 Å².